The van der Waals surface area contributed by atoms with Crippen LogP contribution in [-0.2, 0) is 65.4 Å². The molecule has 0 aromatic heterocycles. The van der Waals surface area contributed by atoms with Gasteiger partial charge in [-0.15, -0.1) is 0 Å². The maximum atomic E-state index is 13.1. The maximum Gasteiger partial charge on any atom is 0.472 e. The number of phosphoric acid groups is 2. The van der Waals surface area contributed by atoms with E-state index in [0.717, 1.165) is 116 Å². The van der Waals surface area contributed by atoms with Crippen LogP contribution in [0.2, 0.25) is 0 Å². The molecule has 0 bridgehead atoms. The van der Waals surface area contributed by atoms with E-state index in [-0.39, 0.29) is 25.7 Å². The first-order valence-electron chi connectivity index (χ1n) is 37.3. The minimum atomic E-state index is -5.04. The summed E-state index contributed by atoms with van der Waals surface area (Å²) in [5, 5.41) is 10.6. The molecule has 4 unspecified atom stereocenters. The van der Waals surface area contributed by atoms with Crippen LogP contribution in [-0.4, -0.2) is 96.7 Å². The number of allylic oxidation sites excluding steroid dienone is 38. The van der Waals surface area contributed by atoms with Gasteiger partial charge in [0.2, 0.25) is 0 Å². The molecule has 0 aliphatic rings. The molecular formula is C85H126O17P2. The highest BCUT2D eigenvalue weighted by Crippen LogP contribution is 2.45. The molecule has 0 aliphatic carbocycles. The lowest BCUT2D eigenvalue weighted by Gasteiger charge is -2.21. The Kier molecular flexibility index (Phi) is 69.1. The lowest BCUT2D eigenvalue weighted by molar-refractivity contribution is -0.160. The Labute approximate surface area is 625 Å². The summed E-state index contributed by atoms with van der Waals surface area (Å²) >= 11 is 0. The lowest BCUT2D eigenvalue weighted by atomic mass is 10.2. The van der Waals surface area contributed by atoms with Gasteiger partial charge in [0.1, 0.15) is 19.3 Å². The van der Waals surface area contributed by atoms with Crippen molar-refractivity contribution in [2.75, 3.05) is 39.6 Å². The van der Waals surface area contributed by atoms with Crippen LogP contribution < -0.4 is 0 Å². The number of unbranched alkanes of at least 4 members (excludes halogenated alkanes) is 2. The van der Waals surface area contributed by atoms with Crippen molar-refractivity contribution in [3.8, 4) is 0 Å². The number of ether oxygens (including phenoxy) is 4. The Morgan fingerprint density at radius 3 is 0.712 bits per heavy atom. The predicted molar refractivity (Wildman–Crippen MR) is 426 cm³/mol. The number of carbonyl (C=O) groups excluding carboxylic acids is 4. The zero-order valence-electron chi connectivity index (χ0n) is 62.8. The quantitative estimate of drug-likeness (QED) is 0.0169. The van der Waals surface area contributed by atoms with Gasteiger partial charge in [-0.25, -0.2) is 9.13 Å². The third-order valence-electron chi connectivity index (χ3n) is 13.9. The zero-order valence-corrected chi connectivity index (χ0v) is 64.6. The highest BCUT2D eigenvalue weighted by atomic mass is 31.2. The number of hydrogen-bond donors (Lipinski definition) is 3. The van der Waals surface area contributed by atoms with Crippen LogP contribution in [0.4, 0.5) is 0 Å². The second kappa shape index (κ2) is 74.1. The maximum absolute atomic E-state index is 13.1. The van der Waals surface area contributed by atoms with Crippen molar-refractivity contribution in [3.05, 3.63) is 243 Å². The van der Waals surface area contributed by atoms with E-state index >= 15 is 0 Å². The number of phosphoric ester groups is 2. The number of rotatable bonds is 66. The Balaban J connectivity index is 5.64. The van der Waals surface area contributed by atoms with Gasteiger partial charge < -0.3 is 33.8 Å². The Hall–Kier alpha value is -7.14. The van der Waals surface area contributed by atoms with Crippen molar-refractivity contribution in [1.29, 1.82) is 0 Å². The van der Waals surface area contributed by atoms with E-state index in [4.69, 9.17) is 37.0 Å². The molecule has 0 saturated carbocycles. The normalized spacial score (nSPS) is 15.3. The van der Waals surface area contributed by atoms with Crippen LogP contribution in [0.5, 0.6) is 0 Å². The highest BCUT2D eigenvalue weighted by Gasteiger charge is 2.30. The second-order valence-corrected chi connectivity index (χ2v) is 26.3. The van der Waals surface area contributed by atoms with E-state index in [2.05, 4.69) is 198 Å². The molecule has 0 fully saturated rings. The molecule has 578 valence electrons. The van der Waals surface area contributed by atoms with Crippen LogP contribution in [0.25, 0.3) is 0 Å². The molecule has 0 aromatic carbocycles. The van der Waals surface area contributed by atoms with Crippen LogP contribution in [0.3, 0.4) is 0 Å². The van der Waals surface area contributed by atoms with Crippen molar-refractivity contribution in [2.24, 2.45) is 0 Å². The lowest BCUT2D eigenvalue weighted by Crippen LogP contribution is -2.30. The minimum absolute atomic E-state index is 0.0487. The number of aliphatic hydroxyl groups excluding tert-OH is 1. The number of aliphatic hydroxyl groups is 1. The van der Waals surface area contributed by atoms with Gasteiger partial charge in [-0.3, -0.25) is 37.3 Å². The fourth-order valence-electron chi connectivity index (χ4n) is 8.38. The van der Waals surface area contributed by atoms with Gasteiger partial charge in [-0.1, -0.05) is 271 Å². The van der Waals surface area contributed by atoms with E-state index in [1.54, 1.807) is 24.3 Å². The van der Waals surface area contributed by atoms with Crippen molar-refractivity contribution in [1.82, 2.24) is 0 Å². The van der Waals surface area contributed by atoms with Crippen LogP contribution in [0.1, 0.15) is 207 Å². The van der Waals surface area contributed by atoms with E-state index in [9.17, 15) is 43.2 Å². The molecule has 0 rings (SSSR count). The first-order valence-corrected chi connectivity index (χ1v) is 40.3. The molecule has 3 N–H and O–H groups in total. The van der Waals surface area contributed by atoms with E-state index in [1.807, 2.05) is 48.6 Å². The largest absolute Gasteiger partial charge is 0.472 e. The monoisotopic (exact) mass is 1480 g/mol. The Morgan fingerprint density at radius 2 is 0.481 bits per heavy atom. The molecule has 0 heterocycles. The van der Waals surface area contributed by atoms with Gasteiger partial charge in [-0.2, -0.15) is 0 Å². The van der Waals surface area contributed by atoms with Gasteiger partial charge in [0.05, 0.1) is 39.3 Å². The van der Waals surface area contributed by atoms with Crippen LogP contribution >= 0.6 is 15.6 Å². The summed E-state index contributed by atoms with van der Waals surface area (Å²) in [7, 11) is -10.1. The smallest absolute Gasteiger partial charge is 0.462 e. The minimum Gasteiger partial charge on any atom is -0.462 e. The molecule has 0 radical (unpaired) electrons. The SMILES string of the molecule is CC/C=C\C/C=C\C/C=C\C/C=C\C/C=C\CCCC(=O)OCC(COP(=O)(O)OCC(O)COP(=O)(O)OCC(COC(=O)CCC/C=C\C/C=C\C/C=C\C/C=C\C/C=C\CC)OC(=O)C/C=C\C/C=C\C/C=C\C/C=C\C/C=C\CC)OC(=O)C/C=C\C/C=C\C/C=C\C/C=C\C/C=C\CC. The van der Waals surface area contributed by atoms with E-state index in [0.29, 0.717) is 38.5 Å². The Morgan fingerprint density at radius 1 is 0.279 bits per heavy atom. The zero-order chi connectivity index (χ0) is 76.0. The molecule has 0 spiro atoms. The van der Waals surface area contributed by atoms with Gasteiger partial charge in [0.15, 0.2) is 12.2 Å². The molecule has 0 aromatic rings. The molecule has 0 saturated heterocycles. The van der Waals surface area contributed by atoms with Crippen molar-refractivity contribution >= 4 is 39.5 Å². The highest BCUT2D eigenvalue weighted by molar-refractivity contribution is 7.47. The fraction of sp³-hybridized carbons (Fsp3) is 0.482. The molecule has 0 amide bonds. The summed E-state index contributed by atoms with van der Waals surface area (Å²) in [6.45, 7) is 3.97. The van der Waals surface area contributed by atoms with Crippen molar-refractivity contribution < 1.29 is 80.2 Å². The van der Waals surface area contributed by atoms with E-state index in [1.165, 1.54) is 0 Å². The predicted octanol–water partition coefficient (Wildman–Crippen LogP) is 21.7. The molecule has 104 heavy (non-hydrogen) atoms. The van der Waals surface area contributed by atoms with Gasteiger partial charge in [-0.05, 0) is 154 Å². The average Bonchev–Trinajstić information content (AvgIpc) is 0.937. The molecule has 0 aliphatic heterocycles. The van der Waals surface area contributed by atoms with Gasteiger partial charge >= 0.3 is 39.5 Å². The molecule has 19 heteroatoms. The van der Waals surface area contributed by atoms with Crippen molar-refractivity contribution in [3.63, 3.8) is 0 Å². The Bertz CT molecular complexity index is 2750. The average molecular weight is 1480 g/mol. The summed E-state index contributed by atoms with van der Waals surface area (Å²) in [6, 6.07) is 0. The van der Waals surface area contributed by atoms with Crippen LogP contribution in [0.15, 0.2) is 243 Å². The third kappa shape index (κ3) is 73.2. The standard InChI is InChI=1S/C85H126O17P2/c1-5-9-13-17-21-25-29-33-37-39-43-45-49-53-57-61-65-69-82(87)95-75-80(101-84(89)71-67-63-59-55-51-47-41-35-31-27-23-19-15-11-7-3)77-99-103(91,92)97-73-79(86)74-98-104(93,94)100-78-81(102-85(90)72-68-64-60-56-52-48-42-36-32-28-24-20-16-12-8-4)76-96-83(88)70-66-62-58-54-50-46-44-40-38-34-30-26-22-18-14-10-6-2/h9-16,21-28,33-38,41-46,51-58,63-64,67-68,79-81,86H,5-8,17-20,29-32,39-40,47-50,59-62,65-66,69-78H2,1-4H3,(H,91,92)(H,93,94)/b13-9-,14-10-,15-11-,16-12-,25-21-,26-22-,27-23-,28-24-,37-33-,38-34-,41-35-,42-36-,45-43-,46-44-,55-51-,56-52-,57-53-,58-54-,67-63-,68-64-. The topological polar surface area (TPSA) is 237 Å². The first kappa shape index (κ1) is 96.9. The molecule has 4 atom stereocenters. The summed E-state index contributed by atoms with van der Waals surface area (Å²) in [4.78, 5) is 72.7. The van der Waals surface area contributed by atoms with Crippen molar-refractivity contribution in [2.45, 2.75) is 226 Å². The van der Waals surface area contributed by atoms with Gasteiger partial charge in [0.25, 0.3) is 0 Å². The number of carbonyl (C=O) groups is 4. The third-order valence-corrected chi connectivity index (χ3v) is 15.8. The molecule has 17 nitrogen and oxygen atoms in total. The summed E-state index contributed by atoms with van der Waals surface area (Å²) in [5.41, 5.74) is 0. The van der Waals surface area contributed by atoms with Crippen LogP contribution in [0, 0.1) is 0 Å². The summed E-state index contributed by atoms with van der Waals surface area (Å²) < 4.78 is 68.0. The van der Waals surface area contributed by atoms with Gasteiger partial charge in [0, 0.05) is 12.8 Å². The summed E-state index contributed by atoms with van der Waals surface area (Å²) in [5.74, 6) is -2.65. The first-order chi connectivity index (χ1) is 50.7. The number of hydrogen-bond acceptors (Lipinski definition) is 15. The second-order valence-electron chi connectivity index (χ2n) is 23.4. The molecular weight excluding hydrogens is 1350 g/mol. The summed E-state index contributed by atoms with van der Waals surface area (Å²) in [6.07, 6.45) is 96.7. The fourth-order valence-corrected chi connectivity index (χ4v) is 9.96. The van der Waals surface area contributed by atoms with E-state index < -0.39 is 97.5 Å². The number of esters is 4.